The predicted octanol–water partition coefficient (Wildman–Crippen LogP) is 0.852. The van der Waals surface area contributed by atoms with E-state index in [1.165, 1.54) is 0 Å². The largest absolute Gasteiger partial charge is 0.440 e. The van der Waals surface area contributed by atoms with Crippen LogP contribution in [0.4, 0.5) is 0 Å². The molecule has 23 heavy (non-hydrogen) atoms. The molecule has 0 fully saturated rings. The van der Waals surface area contributed by atoms with Gasteiger partial charge in [0.25, 0.3) is 11.5 Å². The van der Waals surface area contributed by atoms with Gasteiger partial charge >= 0.3 is 5.69 Å². The van der Waals surface area contributed by atoms with Crippen molar-refractivity contribution in [2.75, 3.05) is 18.6 Å². The zero-order valence-electron chi connectivity index (χ0n) is 12.4. The summed E-state index contributed by atoms with van der Waals surface area (Å²) < 4.78 is 5.56. The minimum Gasteiger partial charge on any atom is -0.440 e. The van der Waals surface area contributed by atoms with Gasteiger partial charge in [-0.2, -0.15) is 11.8 Å². The molecule has 3 N–H and O–H groups in total. The summed E-state index contributed by atoms with van der Waals surface area (Å²) in [5.74, 6) is 1.36. The molecule has 0 unspecified atom stereocenters. The molecule has 3 rings (SSSR count). The summed E-state index contributed by atoms with van der Waals surface area (Å²) in [5.41, 5.74) is 0.494. The number of nitrogens with one attached hydrogen (secondary N) is 3. The number of thioether (sulfide) groups is 1. The molecule has 1 aliphatic rings. The van der Waals surface area contributed by atoms with Crippen LogP contribution in [-0.2, 0) is 6.42 Å². The molecule has 0 aliphatic carbocycles. The van der Waals surface area contributed by atoms with Crippen molar-refractivity contribution in [1.82, 2.24) is 15.3 Å². The van der Waals surface area contributed by atoms with Crippen molar-refractivity contribution >= 4 is 17.7 Å². The average Bonchev–Trinajstić information content (AvgIpc) is 2.53. The highest BCUT2D eigenvalue weighted by molar-refractivity contribution is 7.98. The first-order valence-corrected chi connectivity index (χ1v) is 8.41. The fourth-order valence-electron chi connectivity index (χ4n) is 2.37. The fourth-order valence-corrected chi connectivity index (χ4v) is 2.67. The van der Waals surface area contributed by atoms with Crippen molar-refractivity contribution in [2.45, 2.75) is 6.42 Å². The SMILES string of the molecule is CSCCNC(=O)c1ccc2c(c1)Cc1c([nH]c(=O)[nH]c1=O)O2. The number of aromatic nitrogens is 2. The summed E-state index contributed by atoms with van der Waals surface area (Å²) in [4.78, 5) is 39.9. The number of carbonyl (C=O) groups is 1. The second kappa shape index (κ2) is 6.33. The Bertz CT molecular complexity index is 872. The Hall–Kier alpha value is -2.48. The maximum absolute atomic E-state index is 12.1. The smallest absolute Gasteiger partial charge is 0.328 e. The Kier molecular flexibility index (Phi) is 4.24. The van der Waals surface area contributed by atoms with Crippen LogP contribution in [-0.4, -0.2) is 34.4 Å². The van der Waals surface area contributed by atoms with Crippen LogP contribution in [0.5, 0.6) is 11.6 Å². The molecule has 0 bridgehead atoms. The van der Waals surface area contributed by atoms with Crippen LogP contribution in [0.2, 0.25) is 0 Å². The van der Waals surface area contributed by atoms with Crippen LogP contribution >= 0.6 is 11.8 Å². The van der Waals surface area contributed by atoms with Crippen LogP contribution in [0.15, 0.2) is 27.8 Å². The molecule has 2 aromatic rings. The highest BCUT2D eigenvalue weighted by Gasteiger charge is 2.22. The van der Waals surface area contributed by atoms with Gasteiger partial charge in [0.2, 0.25) is 5.88 Å². The third-order valence-corrected chi connectivity index (χ3v) is 4.11. The lowest BCUT2D eigenvalue weighted by Crippen LogP contribution is -2.28. The first kappa shape index (κ1) is 15.4. The van der Waals surface area contributed by atoms with Gasteiger partial charge in [-0.15, -0.1) is 0 Å². The predicted molar refractivity (Wildman–Crippen MR) is 87.7 cm³/mol. The van der Waals surface area contributed by atoms with E-state index in [-0.39, 0.29) is 11.8 Å². The molecule has 0 atom stereocenters. The van der Waals surface area contributed by atoms with E-state index in [9.17, 15) is 14.4 Å². The van der Waals surface area contributed by atoms with Crippen LogP contribution in [0.25, 0.3) is 0 Å². The van der Waals surface area contributed by atoms with Gasteiger partial charge in [0, 0.05) is 29.8 Å². The molecular weight excluding hydrogens is 318 g/mol. The van der Waals surface area contributed by atoms with Crippen molar-refractivity contribution in [3.63, 3.8) is 0 Å². The number of aromatic amines is 2. The Balaban J connectivity index is 1.87. The first-order valence-electron chi connectivity index (χ1n) is 7.02. The summed E-state index contributed by atoms with van der Waals surface area (Å²) in [6, 6.07) is 5.03. The second-order valence-corrected chi connectivity index (χ2v) is 6.05. The molecule has 1 aromatic carbocycles. The van der Waals surface area contributed by atoms with E-state index in [0.717, 1.165) is 11.3 Å². The number of ether oxygens (including phenoxy) is 1. The topological polar surface area (TPSA) is 104 Å². The van der Waals surface area contributed by atoms with Crippen molar-refractivity contribution in [2.24, 2.45) is 0 Å². The molecule has 0 radical (unpaired) electrons. The van der Waals surface area contributed by atoms with Gasteiger partial charge < -0.3 is 10.1 Å². The highest BCUT2D eigenvalue weighted by Crippen LogP contribution is 2.33. The second-order valence-electron chi connectivity index (χ2n) is 5.07. The zero-order chi connectivity index (χ0) is 16.4. The number of fused-ring (bicyclic) bond motifs is 2. The number of hydrogen-bond donors (Lipinski definition) is 3. The van der Waals surface area contributed by atoms with Crippen LogP contribution in [0.3, 0.4) is 0 Å². The number of H-pyrrole nitrogens is 2. The van der Waals surface area contributed by atoms with Gasteiger partial charge in [0.15, 0.2) is 0 Å². The van der Waals surface area contributed by atoms with E-state index < -0.39 is 11.2 Å². The van der Waals surface area contributed by atoms with Crippen LogP contribution in [0, 0.1) is 0 Å². The van der Waals surface area contributed by atoms with Crippen LogP contribution < -0.4 is 21.3 Å². The van der Waals surface area contributed by atoms with Crippen LogP contribution in [0.1, 0.15) is 21.5 Å². The third-order valence-electron chi connectivity index (χ3n) is 3.50. The lowest BCUT2D eigenvalue weighted by molar-refractivity contribution is 0.0956. The van der Waals surface area contributed by atoms with Gasteiger partial charge in [-0.3, -0.25) is 19.6 Å². The Morgan fingerprint density at radius 3 is 2.96 bits per heavy atom. The summed E-state index contributed by atoms with van der Waals surface area (Å²) in [6.07, 6.45) is 2.27. The average molecular weight is 333 g/mol. The molecule has 1 aromatic heterocycles. The molecule has 2 heterocycles. The summed E-state index contributed by atoms with van der Waals surface area (Å²) in [5, 5.41) is 2.83. The lowest BCUT2D eigenvalue weighted by atomic mass is 10.0. The summed E-state index contributed by atoms with van der Waals surface area (Å²) in [6.45, 7) is 0.595. The standard InChI is InChI=1S/C15H15N3O4S/c1-23-5-4-16-12(19)8-2-3-11-9(6-8)7-10-13(20)17-15(21)18-14(10)22-11/h2-3,6H,4-5,7H2,1H3,(H,16,19)(H2,17,18,20,21). The molecule has 120 valence electrons. The third kappa shape index (κ3) is 3.16. The Labute approximate surface area is 135 Å². The monoisotopic (exact) mass is 333 g/mol. The van der Waals surface area contributed by atoms with Crippen molar-refractivity contribution in [3.8, 4) is 11.6 Å². The van der Waals surface area contributed by atoms with Crippen molar-refractivity contribution in [3.05, 3.63) is 55.7 Å². The van der Waals surface area contributed by atoms with Crippen molar-refractivity contribution < 1.29 is 9.53 Å². The molecule has 7 nitrogen and oxygen atoms in total. The van der Waals surface area contributed by atoms with E-state index in [0.29, 0.717) is 29.8 Å². The highest BCUT2D eigenvalue weighted by atomic mass is 32.2. The molecule has 0 saturated heterocycles. The minimum absolute atomic E-state index is 0.156. The van der Waals surface area contributed by atoms with E-state index in [4.69, 9.17) is 4.74 Å². The number of hydrogen-bond acceptors (Lipinski definition) is 5. The quantitative estimate of drug-likeness (QED) is 0.614. The first-order chi connectivity index (χ1) is 11.1. The molecule has 1 amide bonds. The molecular formula is C15H15N3O4S. The zero-order valence-corrected chi connectivity index (χ0v) is 13.2. The lowest BCUT2D eigenvalue weighted by Gasteiger charge is -2.19. The number of carbonyl (C=O) groups excluding carboxylic acids is 1. The molecule has 8 heteroatoms. The number of rotatable bonds is 4. The van der Waals surface area contributed by atoms with E-state index in [1.54, 1.807) is 30.0 Å². The maximum atomic E-state index is 12.1. The Morgan fingerprint density at radius 2 is 2.17 bits per heavy atom. The van der Waals surface area contributed by atoms with Crippen molar-refractivity contribution in [1.29, 1.82) is 0 Å². The number of amides is 1. The summed E-state index contributed by atoms with van der Waals surface area (Å²) in [7, 11) is 0. The fraction of sp³-hybridized carbons (Fsp3) is 0.267. The minimum atomic E-state index is -0.609. The molecule has 0 saturated carbocycles. The van der Waals surface area contributed by atoms with E-state index in [1.807, 2.05) is 6.26 Å². The van der Waals surface area contributed by atoms with Gasteiger partial charge in [-0.1, -0.05) is 0 Å². The Morgan fingerprint density at radius 1 is 1.35 bits per heavy atom. The normalized spacial score (nSPS) is 12.0. The van der Waals surface area contributed by atoms with Gasteiger partial charge in [0.05, 0.1) is 5.56 Å². The van der Waals surface area contributed by atoms with Gasteiger partial charge in [0.1, 0.15) is 5.75 Å². The maximum Gasteiger partial charge on any atom is 0.328 e. The molecule has 0 spiro atoms. The van der Waals surface area contributed by atoms with E-state index in [2.05, 4.69) is 15.3 Å². The molecule has 1 aliphatic heterocycles. The van der Waals surface area contributed by atoms with Gasteiger partial charge in [-0.05, 0) is 24.5 Å². The summed E-state index contributed by atoms with van der Waals surface area (Å²) >= 11 is 1.65. The van der Waals surface area contributed by atoms with Gasteiger partial charge in [-0.25, -0.2) is 4.79 Å². The van der Waals surface area contributed by atoms with E-state index >= 15 is 0 Å². The number of benzene rings is 1.